The number of nitrogens with one attached hydrogen (secondary N) is 2. The first-order valence-corrected chi connectivity index (χ1v) is 8.22. The molecular formula is C15H14ClN5OS. The van der Waals surface area contributed by atoms with Gasteiger partial charge in [0.25, 0.3) is 0 Å². The fourth-order valence-electron chi connectivity index (χ4n) is 2.35. The molecule has 23 heavy (non-hydrogen) atoms. The van der Waals surface area contributed by atoms with E-state index in [0.29, 0.717) is 30.2 Å². The number of aromatic nitrogens is 1. The van der Waals surface area contributed by atoms with Crippen molar-refractivity contribution in [3.63, 3.8) is 0 Å². The number of rotatable bonds is 4. The van der Waals surface area contributed by atoms with Crippen LogP contribution in [0.2, 0.25) is 5.15 Å². The first-order valence-electron chi connectivity index (χ1n) is 7.07. The highest BCUT2D eigenvalue weighted by molar-refractivity contribution is 7.10. The van der Waals surface area contributed by atoms with Crippen molar-refractivity contribution in [2.45, 2.75) is 6.54 Å². The first kappa shape index (κ1) is 15.6. The second-order valence-electron chi connectivity index (χ2n) is 5.08. The predicted octanol–water partition coefficient (Wildman–Crippen LogP) is 2.22. The molecule has 6 nitrogen and oxygen atoms in total. The van der Waals surface area contributed by atoms with Gasteiger partial charge in [0.2, 0.25) is 5.91 Å². The van der Waals surface area contributed by atoms with Crippen LogP contribution in [0.1, 0.15) is 11.1 Å². The Balaban J connectivity index is 1.63. The van der Waals surface area contributed by atoms with Crippen LogP contribution in [0.25, 0.3) is 0 Å². The van der Waals surface area contributed by atoms with E-state index in [-0.39, 0.29) is 11.1 Å². The largest absolute Gasteiger partial charge is 0.370 e. The monoisotopic (exact) mass is 347 g/mol. The highest BCUT2D eigenvalue weighted by atomic mass is 35.5. The maximum atomic E-state index is 11.4. The molecule has 8 heteroatoms. The Hall–Kier alpha value is -2.30. The first-order chi connectivity index (χ1) is 11.2. The number of benzene rings is 1. The SMILES string of the molecule is N#Cc1c(Cl)nsc1NCc1ccc(N2CCNC(=O)C2)cc1. The van der Waals surface area contributed by atoms with E-state index in [9.17, 15) is 4.79 Å². The maximum absolute atomic E-state index is 11.4. The van der Waals surface area contributed by atoms with Gasteiger partial charge < -0.3 is 15.5 Å². The minimum atomic E-state index is 0.0492. The van der Waals surface area contributed by atoms with Gasteiger partial charge in [-0.25, -0.2) is 0 Å². The van der Waals surface area contributed by atoms with Crippen LogP contribution < -0.4 is 15.5 Å². The number of nitrogens with zero attached hydrogens (tertiary/aromatic N) is 3. The van der Waals surface area contributed by atoms with E-state index in [4.69, 9.17) is 16.9 Å². The van der Waals surface area contributed by atoms with Crippen molar-refractivity contribution in [1.29, 1.82) is 5.26 Å². The third-order valence-electron chi connectivity index (χ3n) is 3.56. The summed E-state index contributed by atoms with van der Waals surface area (Å²) in [5, 5.41) is 15.9. The Labute approximate surface area is 142 Å². The van der Waals surface area contributed by atoms with Crippen LogP contribution in [0.3, 0.4) is 0 Å². The second kappa shape index (κ2) is 6.86. The highest BCUT2D eigenvalue weighted by Gasteiger charge is 2.16. The van der Waals surface area contributed by atoms with Gasteiger partial charge >= 0.3 is 0 Å². The van der Waals surface area contributed by atoms with E-state index in [1.165, 1.54) is 11.5 Å². The third-order valence-corrected chi connectivity index (χ3v) is 4.73. The van der Waals surface area contributed by atoms with Gasteiger partial charge in [-0.05, 0) is 29.2 Å². The molecule has 0 spiro atoms. The number of anilines is 2. The minimum absolute atomic E-state index is 0.0492. The number of carbonyl (C=O) groups is 1. The lowest BCUT2D eigenvalue weighted by molar-refractivity contribution is -0.120. The van der Waals surface area contributed by atoms with Crippen LogP contribution in [0.4, 0.5) is 10.7 Å². The summed E-state index contributed by atoms with van der Waals surface area (Å²) in [6.07, 6.45) is 0. The molecule has 118 valence electrons. The molecule has 2 heterocycles. The van der Waals surface area contributed by atoms with Crippen molar-refractivity contribution < 1.29 is 4.79 Å². The molecule has 3 rings (SSSR count). The number of carbonyl (C=O) groups excluding carboxylic acids is 1. The average molecular weight is 348 g/mol. The number of hydrogen-bond acceptors (Lipinski definition) is 6. The molecule has 1 fully saturated rings. The summed E-state index contributed by atoms with van der Waals surface area (Å²) in [7, 11) is 0. The molecule has 2 N–H and O–H groups in total. The molecule has 1 aromatic heterocycles. The molecule has 0 atom stereocenters. The number of halogens is 1. The van der Waals surface area contributed by atoms with Crippen molar-refractivity contribution >= 4 is 39.7 Å². The highest BCUT2D eigenvalue weighted by Crippen LogP contribution is 2.28. The molecule has 1 amide bonds. The average Bonchev–Trinajstić information content (AvgIpc) is 2.93. The van der Waals surface area contributed by atoms with Gasteiger partial charge in [-0.15, -0.1) is 0 Å². The smallest absolute Gasteiger partial charge is 0.239 e. The summed E-state index contributed by atoms with van der Waals surface area (Å²) in [6.45, 7) is 2.45. The zero-order chi connectivity index (χ0) is 16.2. The van der Waals surface area contributed by atoms with Gasteiger partial charge in [-0.2, -0.15) is 9.64 Å². The summed E-state index contributed by atoms with van der Waals surface area (Å²) >= 11 is 7.02. The quantitative estimate of drug-likeness (QED) is 0.886. The Morgan fingerprint density at radius 2 is 2.22 bits per heavy atom. The van der Waals surface area contributed by atoms with Crippen molar-refractivity contribution in [2.75, 3.05) is 29.9 Å². The van der Waals surface area contributed by atoms with E-state index in [1.807, 2.05) is 35.2 Å². The lowest BCUT2D eigenvalue weighted by Gasteiger charge is -2.28. The molecule has 0 unspecified atom stereocenters. The molecule has 1 aliphatic heterocycles. The number of nitriles is 1. The zero-order valence-electron chi connectivity index (χ0n) is 12.2. The van der Waals surface area contributed by atoms with Crippen LogP contribution in [0.15, 0.2) is 24.3 Å². The normalized spacial score (nSPS) is 14.3. The molecule has 0 bridgehead atoms. The molecule has 0 saturated carbocycles. The van der Waals surface area contributed by atoms with E-state index >= 15 is 0 Å². The molecule has 1 saturated heterocycles. The molecular weight excluding hydrogens is 334 g/mol. The van der Waals surface area contributed by atoms with Gasteiger partial charge in [0, 0.05) is 25.3 Å². The number of piperazine rings is 1. The summed E-state index contributed by atoms with van der Waals surface area (Å²) in [6, 6.07) is 10.1. The Kier molecular flexibility index (Phi) is 4.65. The molecule has 1 aromatic carbocycles. The molecule has 1 aliphatic rings. The maximum Gasteiger partial charge on any atom is 0.239 e. The van der Waals surface area contributed by atoms with Crippen molar-refractivity contribution in [2.24, 2.45) is 0 Å². The van der Waals surface area contributed by atoms with Crippen LogP contribution in [0, 0.1) is 11.3 Å². The van der Waals surface area contributed by atoms with Crippen LogP contribution in [-0.4, -0.2) is 29.9 Å². The van der Waals surface area contributed by atoms with Crippen LogP contribution in [0.5, 0.6) is 0 Å². The fourth-order valence-corrected chi connectivity index (χ4v) is 3.28. The number of hydrogen-bond donors (Lipinski definition) is 2. The van der Waals surface area contributed by atoms with Crippen LogP contribution in [-0.2, 0) is 11.3 Å². The summed E-state index contributed by atoms with van der Waals surface area (Å²) in [4.78, 5) is 13.5. The van der Waals surface area contributed by atoms with Crippen LogP contribution >= 0.6 is 23.1 Å². The van der Waals surface area contributed by atoms with Gasteiger partial charge in [-0.1, -0.05) is 23.7 Å². The molecule has 0 radical (unpaired) electrons. The Bertz CT molecular complexity index is 752. The van der Waals surface area contributed by atoms with Gasteiger partial charge in [0.15, 0.2) is 5.15 Å². The summed E-state index contributed by atoms with van der Waals surface area (Å²) in [5.41, 5.74) is 2.48. The standard InChI is InChI=1S/C15H14ClN5OS/c16-14-12(7-17)15(23-20-14)19-8-10-1-3-11(4-2-10)21-6-5-18-13(22)9-21/h1-4,19H,5-6,8-9H2,(H,18,22). The van der Waals surface area contributed by atoms with Crippen molar-refractivity contribution in [1.82, 2.24) is 9.69 Å². The predicted molar refractivity (Wildman–Crippen MR) is 90.8 cm³/mol. The molecule has 2 aromatic rings. The zero-order valence-corrected chi connectivity index (χ0v) is 13.7. The van der Waals surface area contributed by atoms with E-state index < -0.39 is 0 Å². The van der Waals surface area contributed by atoms with Gasteiger partial charge in [0.05, 0.1) is 6.54 Å². The van der Waals surface area contributed by atoms with Gasteiger partial charge in [0.1, 0.15) is 16.6 Å². The van der Waals surface area contributed by atoms with E-state index in [2.05, 4.69) is 15.0 Å². The lowest BCUT2D eigenvalue weighted by atomic mass is 10.2. The second-order valence-corrected chi connectivity index (χ2v) is 6.21. The van der Waals surface area contributed by atoms with E-state index in [0.717, 1.165) is 17.8 Å². The Morgan fingerprint density at radius 1 is 1.43 bits per heavy atom. The third kappa shape index (κ3) is 3.55. The molecule has 0 aliphatic carbocycles. The summed E-state index contributed by atoms with van der Waals surface area (Å²) in [5.74, 6) is 0.0492. The van der Waals surface area contributed by atoms with E-state index in [1.54, 1.807) is 0 Å². The van der Waals surface area contributed by atoms with Crippen molar-refractivity contribution in [3.05, 3.63) is 40.5 Å². The van der Waals surface area contributed by atoms with Gasteiger partial charge in [-0.3, -0.25) is 4.79 Å². The lowest BCUT2D eigenvalue weighted by Crippen LogP contribution is -2.47. The van der Waals surface area contributed by atoms with Crippen molar-refractivity contribution in [3.8, 4) is 6.07 Å². The minimum Gasteiger partial charge on any atom is -0.370 e. The Morgan fingerprint density at radius 3 is 2.91 bits per heavy atom. The fraction of sp³-hybridized carbons (Fsp3) is 0.267. The summed E-state index contributed by atoms with van der Waals surface area (Å²) < 4.78 is 3.96. The topological polar surface area (TPSA) is 81.1 Å². The number of amides is 1.